The molecule has 0 aliphatic carbocycles. The van der Waals surface area contributed by atoms with E-state index in [-0.39, 0.29) is 13.1 Å². The summed E-state index contributed by atoms with van der Waals surface area (Å²) < 4.78 is 0.822. The molecule has 5 N–H and O–H groups in total. The zero-order valence-electron chi connectivity index (χ0n) is 15.1. The van der Waals surface area contributed by atoms with E-state index in [1.807, 2.05) is 0 Å². The van der Waals surface area contributed by atoms with Gasteiger partial charge in [0.1, 0.15) is 23.0 Å². The predicted octanol–water partition coefficient (Wildman–Crippen LogP) is 3.97. The van der Waals surface area contributed by atoms with Crippen molar-refractivity contribution in [3.8, 4) is 10.6 Å². The molecule has 0 spiro atoms. The van der Waals surface area contributed by atoms with Crippen LogP contribution in [-0.2, 0) is 11.4 Å². The van der Waals surface area contributed by atoms with Gasteiger partial charge in [-0.3, -0.25) is 4.79 Å². The van der Waals surface area contributed by atoms with Gasteiger partial charge in [-0.1, -0.05) is 23.2 Å². The first kappa shape index (κ1) is 21.7. The molecule has 30 heavy (non-hydrogen) atoms. The Morgan fingerprint density at radius 3 is 2.50 bits per heavy atom. The van der Waals surface area contributed by atoms with Gasteiger partial charge in [-0.15, -0.1) is 11.3 Å². The minimum absolute atomic E-state index is 0.139. The summed E-state index contributed by atoms with van der Waals surface area (Å²) in [6.07, 6.45) is 3.02. The third-order valence-corrected chi connectivity index (χ3v) is 5.43. The first-order valence-electron chi connectivity index (χ1n) is 8.24. The van der Waals surface area contributed by atoms with Crippen LogP contribution in [0.1, 0.15) is 5.56 Å². The van der Waals surface area contributed by atoms with Crippen LogP contribution >= 0.6 is 34.5 Å². The number of aromatic nitrogens is 4. The number of carbonyl (C=O) groups is 1. The van der Waals surface area contributed by atoms with Crippen LogP contribution in [0.5, 0.6) is 0 Å². The van der Waals surface area contributed by atoms with Gasteiger partial charge in [-0.25, -0.2) is 19.9 Å². The van der Waals surface area contributed by atoms with Crippen LogP contribution in [0.2, 0.25) is 10.0 Å². The standard InChI is InChI=1S/C17H12Cl2N6OS.CH2O2/c18-9-3-8(6-26)4-10(19)14(9)17-24-11-1-2-21-16(15(11)27-17)25-13-5-12(20)22-7-23-13;2-1-3/h1-5,7,26H,6H2,(H3,20,21,22,23,25);1H,(H,2,3). The minimum atomic E-state index is -0.250. The van der Waals surface area contributed by atoms with Crippen LogP contribution in [0.4, 0.5) is 17.5 Å². The molecule has 4 rings (SSSR count). The largest absolute Gasteiger partial charge is 0.483 e. The van der Waals surface area contributed by atoms with Crippen molar-refractivity contribution in [1.82, 2.24) is 19.9 Å². The number of nitrogen functional groups attached to an aromatic ring is 1. The fraction of sp³-hybridized carbons (Fsp3) is 0.0556. The first-order chi connectivity index (χ1) is 14.5. The van der Waals surface area contributed by atoms with Crippen molar-refractivity contribution in [1.29, 1.82) is 0 Å². The maximum absolute atomic E-state index is 9.29. The summed E-state index contributed by atoms with van der Waals surface area (Å²) in [4.78, 5) is 25.4. The molecule has 3 aromatic heterocycles. The molecule has 9 nitrogen and oxygen atoms in total. The number of thiazole rings is 1. The molecular formula is C18H14Cl2N6O3S. The summed E-state index contributed by atoms with van der Waals surface area (Å²) in [6.45, 7) is -0.389. The van der Waals surface area contributed by atoms with Gasteiger partial charge in [0.05, 0.1) is 26.9 Å². The molecule has 0 saturated heterocycles. The van der Waals surface area contributed by atoms with E-state index in [1.165, 1.54) is 17.7 Å². The summed E-state index contributed by atoms with van der Waals surface area (Å²) in [5, 5.41) is 20.8. The van der Waals surface area contributed by atoms with E-state index < -0.39 is 0 Å². The van der Waals surface area contributed by atoms with E-state index in [1.54, 1.807) is 30.5 Å². The number of aliphatic hydroxyl groups excluding tert-OH is 1. The number of fused-ring (bicyclic) bond motifs is 1. The van der Waals surface area contributed by atoms with Crippen molar-refractivity contribution >= 4 is 68.7 Å². The van der Waals surface area contributed by atoms with Gasteiger partial charge in [0.2, 0.25) is 0 Å². The van der Waals surface area contributed by atoms with Gasteiger partial charge < -0.3 is 21.3 Å². The Labute approximate surface area is 184 Å². The molecule has 0 aliphatic heterocycles. The summed E-state index contributed by atoms with van der Waals surface area (Å²) in [5.41, 5.74) is 7.70. The number of benzene rings is 1. The molecule has 12 heteroatoms. The highest BCUT2D eigenvalue weighted by molar-refractivity contribution is 7.22. The number of carboxylic acid groups (broad SMARTS) is 1. The second-order valence-electron chi connectivity index (χ2n) is 5.68. The van der Waals surface area contributed by atoms with Crippen molar-refractivity contribution in [3.63, 3.8) is 0 Å². The van der Waals surface area contributed by atoms with E-state index >= 15 is 0 Å². The van der Waals surface area contributed by atoms with Crippen molar-refractivity contribution in [2.45, 2.75) is 6.61 Å². The molecule has 0 radical (unpaired) electrons. The molecule has 1 aromatic carbocycles. The lowest BCUT2D eigenvalue weighted by atomic mass is 10.1. The lowest BCUT2D eigenvalue weighted by molar-refractivity contribution is -0.122. The molecule has 0 unspecified atom stereocenters. The number of pyridine rings is 1. The average Bonchev–Trinajstić information content (AvgIpc) is 3.13. The van der Waals surface area contributed by atoms with Crippen LogP contribution in [0.3, 0.4) is 0 Å². The normalized spacial score (nSPS) is 10.4. The summed E-state index contributed by atoms with van der Waals surface area (Å²) in [5.74, 6) is 1.47. The number of nitrogens with two attached hydrogens (primary N) is 1. The second-order valence-corrected chi connectivity index (χ2v) is 7.49. The smallest absolute Gasteiger partial charge is 0.290 e. The monoisotopic (exact) mass is 464 g/mol. The Kier molecular flexibility index (Phi) is 6.95. The maximum Gasteiger partial charge on any atom is 0.290 e. The highest BCUT2D eigenvalue weighted by Gasteiger charge is 2.17. The lowest BCUT2D eigenvalue weighted by Crippen LogP contribution is -1.98. The third-order valence-electron chi connectivity index (χ3n) is 3.74. The van der Waals surface area contributed by atoms with Crippen LogP contribution in [0, 0.1) is 0 Å². The fourth-order valence-corrected chi connectivity index (χ4v) is 4.44. The molecule has 3 heterocycles. The van der Waals surface area contributed by atoms with E-state index in [0.717, 1.165) is 10.2 Å². The molecule has 0 amide bonds. The fourth-order valence-electron chi connectivity index (χ4n) is 2.53. The Morgan fingerprint density at radius 2 is 1.87 bits per heavy atom. The van der Waals surface area contributed by atoms with Gasteiger partial charge in [-0.05, 0) is 23.8 Å². The van der Waals surface area contributed by atoms with Gasteiger partial charge >= 0.3 is 0 Å². The van der Waals surface area contributed by atoms with E-state index in [9.17, 15) is 5.11 Å². The molecule has 4 aromatic rings. The average molecular weight is 465 g/mol. The number of nitrogens with zero attached hydrogens (tertiary/aromatic N) is 4. The highest BCUT2D eigenvalue weighted by atomic mass is 35.5. The van der Waals surface area contributed by atoms with Crippen molar-refractivity contribution < 1.29 is 15.0 Å². The molecular weight excluding hydrogens is 451 g/mol. The number of rotatable bonds is 4. The number of anilines is 3. The number of nitrogens with one attached hydrogen (secondary N) is 1. The van der Waals surface area contributed by atoms with E-state index in [0.29, 0.717) is 43.6 Å². The molecule has 0 fully saturated rings. The van der Waals surface area contributed by atoms with Crippen LogP contribution < -0.4 is 11.1 Å². The Hall–Kier alpha value is -3.05. The van der Waals surface area contributed by atoms with E-state index in [2.05, 4.69) is 25.3 Å². The topological polar surface area (TPSA) is 147 Å². The third kappa shape index (κ3) is 4.74. The molecule has 0 aliphatic rings. The molecule has 154 valence electrons. The van der Waals surface area contributed by atoms with Crippen LogP contribution in [0.15, 0.2) is 36.8 Å². The number of halogens is 2. The molecule has 0 atom stereocenters. The SMILES string of the molecule is Nc1cc(Nc2nccc3nc(-c4c(Cl)cc(CO)cc4Cl)sc23)ncn1.O=CO. The highest BCUT2D eigenvalue weighted by Crippen LogP contribution is 2.41. The van der Waals surface area contributed by atoms with Gasteiger partial charge in [0.25, 0.3) is 6.47 Å². The number of hydrogen-bond donors (Lipinski definition) is 4. The second kappa shape index (κ2) is 9.63. The lowest BCUT2D eigenvalue weighted by Gasteiger charge is -2.06. The van der Waals surface area contributed by atoms with Gasteiger partial charge in [0.15, 0.2) is 5.82 Å². The zero-order valence-corrected chi connectivity index (χ0v) is 17.4. The molecule has 0 saturated carbocycles. The Morgan fingerprint density at radius 1 is 1.17 bits per heavy atom. The summed E-state index contributed by atoms with van der Waals surface area (Å²) >= 11 is 14.1. The Balaban J connectivity index is 0.000000806. The maximum atomic E-state index is 9.29. The molecule has 0 bridgehead atoms. The summed E-state index contributed by atoms with van der Waals surface area (Å²) in [6, 6.07) is 6.77. The number of aliphatic hydroxyl groups is 1. The number of hydrogen-bond acceptors (Lipinski definition) is 9. The Bertz CT molecular complexity index is 1180. The van der Waals surface area contributed by atoms with E-state index in [4.69, 9.17) is 38.8 Å². The van der Waals surface area contributed by atoms with Crippen LogP contribution in [0.25, 0.3) is 20.8 Å². The van der Waals surface area contributed by atoms with Gasteiger partial charge in [-0.2, -0.15) is 0 Å². The zero-order chi connectivity index (χ0) is 21.7. The first-order valence-corrected chi connectivity index (χ1v) is 9.81. The predicted molar refractivity (Wildman–Crippen MR) is 117 cm³/mol. The summed E-state index contributed by atoms with van der Waals surface area (Å²) in [7, 11) is 0. The minimum Gasteiger partial charge on any atom is -0.483 e. The quantitative estimate of drug-likeness (QED) is 0.329. The van der Waals surface area contributed by atoms with Crippen molar-refractivity contribution in [2.24, 2.45) is 0 Å². The van der Waals surface area contributed by atoms with Crippen molar-refractivity contribution in [3.05, 3.63) is 52.4 Å². The van der Waals surface area contributed by atoms with Crippen LogP contribution in [-0.4, -0.2) is 36.6 Å². The van der Waals surface area contributed by atoms with Crippen molar-refractivity contribution in [2.75, 3.05) is 11.1 Å². The van der Waals surface area contributed by atoms with Gasteiger partial charge in [0, 0.05) is 17.8 Å².